The van der Waals surface area contributed by atoms with Crippen molar-refractivity contribution in [1.82, 2.24) is 10.3 Å². The Bertz CT molecular complexity index is 501. The van der Waals surface area contributed by atoms with Crippen LogP contribution in [0.2, 0.25) is 0 Å². The second-order valence-electron chi connectivity index (χ2n) is 3.09. The SMILES string of the molecule is O=C(Nc1nonc1I)OCc1ccccc1. The summed E-state index contributed by atoms with van der Waals surface area (Å²) in [5.74, 6) is 0.253. The number of halogens is 1. The summed E-state index contributed by atoms with van der Waals surface area (Å²) < 4.78 is 9.90. The average molecular weight is 345 g/mol. The second-order valence-corrected chi connectivity index (χ2v) is 4.11. The molecule has 88 valence electrons. The zero-order valence-corrected chi connectivity index (χ0v) is 10.7. The van der Waals surface area contributed by atoms with Crippen LogP contribution >= 0.6 is 22.6 Å². The van der Waals surface area contributed by atoms with Crippen molar-refractivity contribution in [3.63, 3.8) is 0 Å². The average Bonchev–Trinajstić information content (AvgIpc) is 2.74. The molecule has 0 radical (unpaired) electrons. The molecular weight excluding hydrogens is 337 g/mol. The van der Waals surface area contributed by atoms with Crippen molar-refractivity contribution in [2.75, 3.05) is 5.32 Å². The Hall–Kier alpha value is -1.64. The minimum atomic E-state index is -0.595. The van der Waals surface area contributed by atoms with E-state index >= 15 is 0 Å². The number of aromatic nitrogens is 2. The van der Waals surface area contributed by atoms with Crippen LogP contribution in [0, 0.1) is 3.70 Å². The summed E-state index contributed by atoms with van der Waals surface area (Å²) >= 11 is 1.89. The Kier molecular flexibility index (Phi) is 3.91. The maximum absolute atomic E-state index is 11.4. The largest absolute Gasteiger partial charge is 0.444 e. The normalized spacial score (nSPS) is 9.94. The molecule has 1 N–H and O–H groups in total. The van der Waals surface area contributed by atoms with Gasteiger partial charge in [0.25, 0.3) is 0 Å². The fourth-order valence-electron chi connectivity index (χ4n) is 1.11. The van der Waals surface area contributed by atoms with Crippen LogP contribution in [0.15, 0.2) is 35.0 Å². The Morgan fingerprint density at radius 2 is 2.12 bits per heavy atom. The third kappa shape index (κ3) is 3.41. The van der Waals surface area contributed by atoms with Gasteiger partial charge in [-0.15, -0.1) is 0 Å². The first-order valence-corrected chi connectivity index (χ1v) is 5.79. The molecule has 0 saturated heterocycles. The minimum absolute atomic E-state index is 0.203. The molecule has 0 saturated carbocycles. The van der Waals surface area contributed by atoms with Gasteiger partial charge in [0, 0.05) is 0 Å². The molecule has 0 fully saturated rings. The summed E-state index contributed by atoms with van der Waals surface area (Å²) in [7, 11) is 0. The summed E-state index contributed by atoms with van der Waals surface area (Å²) in [6.45, 7) is 0.203. The number of carbonyl (C=O) groups is 1. The molecule has 0 spiro atoms. The number of nitrogens with one attached hydrogen (secondary N) is 1. The van der Waals surface area contributed by atoms with E-state index in [4.69, 9.17) is 4.74 Å². The summed E-state index contributed by atoms with van der Waals surface area (Å²) in [6.07, 6.45) is -0.595. The molecular formula is C10H8IN3O3. The topological polar surface area (TPSA) is 77.3 Å². The van der Waals surface area contributed by atoms with Gasteiger partial charge in [0.05, 0.1) is 0 Å². The lowest BCUT2D eigenvalue weighted by molar-refractivity contribution is 0.155. The van der Waals surface area contributed by atoms with Crippen LogP contribution < -0.4 is 5.32 Å². The molecule has 1 aromatic heterocycles. The highest BCUT2D eigenvalue weighted by Gasteiger charge is 2.11. The first-order chi connectivity index (χ1) is 8.25. The van der Waals surface area contributed by atoms with E-state index < -0.39 is 6.09 Å². The lowest BCUT2D eigenvalue weighted by Crippen LogP contribution is -2.14. The van der Waals surface area contributed by atoms with Crippen molar-refractivity contribution in [2.45, 2.75) is 6.61 Å². The van der Waals surface area contributed by atoms with Crippen molar-refractivity contribution in [3.05, 3.63) is 39.6 Å². The zero-order chi connectivity index (χ0) is 12.1. The van der Waals surface area contributed by atoms with Crippen LogP contribution in [0.4, 0.5) is 10.6 Å². The molecule has 6 nitrogen and oxygen atoms in total. The fourth-order valence-corrected chi connectivity index (χ4v) is 1.43. The molecule has 0 unspecified atom stereocenters. The molecule has 0 aliphatic carbocycles. The van der Waals surface area contributed by atoms with Crippen LogP contribution in [-0.2, 0) is 11.3 Å². The summed E-state index contributed by atoms with van der Waals surface area (Å²) in [4.78, 5) is 11.4. The lowest BCUT2D eigenvalue weighted by Gasteiger charge is -2.04. The Balaban J connectivity index is 1.85. The molecule has 0 bridgehead atoms. The van der Waals surface area contributed by atoms with E-state index in [0.29, 0.717) is 3.70 Å². The Labute approximate surface area is 110 Å². The van der Waals surface area contributed by atoms with Gasteiger partial charge in [0.2, 0.25) is 5.82 Å². The molecule has 0 aliphatic rings. The lowest BCUT2D eigenvalue weighted by atomic mass is 10.2. The number of hydrogen-bond acceptors (Lipinski definition) is 5. The van der Waals surface area contributed by atoms with E-state index in [2.05, 4.69) is 20.3 Å². The monoisotopic (exact) mass is 345 g/mol. The van der Waals surface area contributed by atoms with E-state index in [1.54, 1.807) is 0 Å². The van der Waals surface area contributed by atoms with Crippen molar-refractivity contribution in [1.29, 1.82) is 0 Å². The van der Waals surface area contributed by atoms with Crippen molar-refractivity contribution in [2.24, 2.45) is 0 Å². The number of anilines is 1. The Morgan fingerprint density at radius 3 is 2.76 bits per heavy atom. The fraction of sp³-hybridized carbons (Fsp3) is 0.100. The zero-order valence-electron chi connectivity index (χ0n) is 8.59. The van der Waals surface area contributed by atoms with Gasteiger partial charge >= 0.3 is 6.09 Å². The molecule has 7 heteroatoms. The van der Waals surface area contributed by atoms with E-state index in [1.165, 1.54) is 0 Å². The molecule has 2 aromatic rings. The van der Waals surface area contributed by atoms with Crippen LogP contribution in [0.25, 0.3) is 0 Å². The van der Waals surface area contributed by atoms with Gasteiger partial charge in [-0.3, -0.25) is 5.32 Å². The quantitative estimate of drug-likeness (QED) is 0.865. The highest BCUT2D eigenvalue weighted by molar-refractivity contribution is 14.1. The van der Waals surface area contributed by atoms with Gasteiger partial charge in [0.15, 0.2) is 3.70 Å². The maximum Gasteiger partial charge on any atom is 0.413 e. The summed E-state index contributed by atoms with van der Waals surface area (Å²) in [5.41, 5.74) is 0.913. The van der Waals surface area contributed by atoms with Gasteiger partial charge < -0.3 is 4.74 Å². The van der Waals surface area contributed by atoms with E-state index in [9.17, 15) is 4.79 Å². The predicted octanol–water partition coefficient (Wildman–Crippen LogP) is 2.42. The molecule has 17 heavy (non-hydrogen) atoms. The predicted molar refractivity (Wildman–Crippen MR) is 67.3 cm³/mol. The van der Waals surface area contributed by atoms with E-state index in [1.807, 2.05) is 52.9 Å². The van der Waals surface area contributed by atoms with E-state index in [-0.39, 0.29) is 12.4 Å². The van der Waals surface area contributed by atoms with Gasteiger partial charge in [-0.05, 0) is 38.5 Å². The van der Waals surface area contributed by atoms with Gasteiger partial charge in [0.1, 0.15) is 6.61 Å². The van der Waals surface area contributed by atoms with Crippen molar-refractivity contribution < 1.29 is 14.2 Å². The summed E-state index contributed by atoms with van der Waals surface area (Å²) in [6, 6.07) is 9.39. The maximum atomic E-state index is 11.4. The number of benzene rings is 1. The highest BCUT2D eigenvalue weighted by Crippen LogP contribution is 2.12. The number of rotatable bonds is 3. The number of hydrogen-bond donors (Lipinski definition) is 1. The van der Waals surface area contributed by atoms with Crippen molar-refractivity contribution in [3.8, 4) is 0 Å². The van der Waals surface area contributed by atoms with Gasteiger partial charge in [-0.25, -0.2) is 9.42 Å². The molecule has 0 atom stereocenters. The standard InChI is InChI=1S/C10H8IN3O3/c11-8-9(14-17-13-8)12-10(15)16-6-7-4-2-1-3-5-7/h1-5H,6H2,(H,12,14,15). The highest BCUT2D eigenvalue weighted by atomic mass is 127. The van der Waals surface area contributed by atoms with Crippen LogP contribution in [0.3, 0.4) is 0 Å². The smallest absolute Gasteiger partial charge is 0.413 e. The molecule has 0 aliphatic heterocycles. The molecule has 1 amide bonds. The molecule has 2 rings (SSSR count). The van der Waals surface area contributed by atoms with Gasteiger partial charge in [-0.2, -0.15) is 0 Å². The minimum Gasteiger partial charge on any atom is -0.444 e. The van der Waals surface area contributed by atoms with Crippen molar-refractivity contribution >= 4 is 34.5 Å². The number of ether oxygens (including phenoxy) is 1. The van der Waals surface area contributed by atoms with Crippen LogP contribution in [0.1, 0.15) is 5.56 Å². The first-order valence-electron chi connectivity index (χ1n) is 4.71. The third-order valence-electron chi connectivity index (χ3n) is 1.88. The third-order valence-corrected chi connectivity index (χ3v) is 2.59. The second kappa shape index (κ2) is 5.62. The number of carbonyl (C=O) groups excluding carboxylic acids is 1. The van der Waals surface area contributed by atoms with E-state index in [0.717, 1.165) is 5.56 Å². The molecule has 1 heterocycles. The van der Waals surface area contributed by atoms with Crippen LogP contribution in [0.5, 0.6) is 0 Å². The summed E-state index contributed by atoms with van der Waals surface area (Å²) in [5, 5.41) is 9.45. The van der Waals surface area contributed by atoms with Gasteiger partial charge in [-0.1, -0.05) is 30.3 Å². The number of amides is 1. The number of nitrogens with zero attached hydrogens (tertiary/aromatic N) is 2. The van der Waals surface area contributed by atoms with Crippen LogP contribution in [-0.4, -0.2) is 16.4 Å². The molecule has 1 aromatic carbocycles. The Morgan fingerprint density at radius 1 is 1.35 bits per heavy atom. The first kappa shape index (κ1) is 11.8.